The summed E-state index contributed by atoms with van der Waals surface area (Å²) in [6.45, 7) is 6.32. The zero-order valence-electron chi connectivity index (χ0n) is 19.7. The third-order valence-corrected chi connectivity index (χ3v) is 6.11. The molecule has 1 heterocycles. The van der Waals surface area contributed by atoms with Crippen LogP contribution >= 0.6 is 0 Å². The van der Waals surface area contributed by atoms with Crippen molar-refractivity contribution in [3.05, 3.63) is 76.5 Å². The zero-order chi connectivity index (χ0) is 23.6. The lowest BCUT2D eigenvalue weighted by Crippen LogP contribution is -2.26. The van der Waals surface area contributed by atoms with E-state index in [4.69, 9.17) is 9.72 Å². The Balaban J connectivity index is 1.79. The van der Waals surface area contributed by atoms with Crippen LogP contribution < -0.4 is 5.32 Å². The van der Waals surface area contributed by atoms with Gasteiger partial charge in [-0.25, -0.2) is 9.78 Å². The Morgan fingerprint density at radius 1 is 1.06 bits per heavy atom. The highest BCUT2D eigenvalue weighted by molar-refractivity contribution is 6.07. The molecule has 5 nitrogen and oxygen atoms in total. The summed E-state index contributed by atoms with van der Waals surface area (Å²) in [5, 5.41) is 3.24. The number of aromatic nitrogens is 1. The Bertz CT molecular complexity index is 1230. The van der Waals surface area contributed by atoms with Crippen molar-refractivity contribution in [3.63, 3.8) is 0 Å². The standard InChI is InChI=1S/C28H30N2O3/c1-28(2,3)20-14-12-18(13-15-20)16-19-8-7-10-22-25(27(32)33-17-24(31)29-4)21-9-5-6-11-23(21)30-26(19)22/h5-6,9,11-16H,7-8,10,17H2,1-4H3,(H,29,31)/b19-16+. The summed E-state index contributed by atoms with van der Waals surface area (Å²) in [5.41, 5.74) is 6.65. The molecule has 3 aromatic rings. The van der Waals surface area contributed by atoms with Gasteiger partial charge in [-0.05, 0) is 59.1 Å². The number of carbonyl (C=O) groups excluding carboxylic acids is 2. The first kappa shape index (κ1) is 22.7. The van der Waals surface area contributed by atoms with Crippen molar-refractivity contribution >= 4 is 34.4 Å². The number of allylic oxidation sites excluding steroid dienone is 1. The number of para-hydroxylation sites is 1. The van der Waals surface area contributed by atoms with Crippen LogP contribution in [-0.4, -0.2) is 30.5 Å². The molecule has 5 heteroatoms. The van der Waals surface area contributed by atoms with Gasteiger partial charge >= 0.3 is 5.97 Å². The van der Waals surface area contributed by atoms with Gasteiger partial charge in [0.15, 0.2) is 6.61 Å². The van der Waals surface area contributed by atoms with Crippen molar-refractivity contribution < 1.29 is 14.3 Å². The summed E-state index contributed by atoms with van der Waals surface area (Å²) in [6, 6.07) is 16.2. The van der Waals surface area contributed by atoms with Gasteiger partial charge < -0.3 is 10.1 Å². The quantitative estimate of drug-likeness (QED) is 0.556. The lowest BCUT2D eigenvalue weighted by atomic mass is 9.85. The SMILES string of the molecule is CNC(=O)COC(=O)c1c2c(nc3ccccc13)/C(=C/c1ccc(C(C)(C)C)cc1)CCC2. The predicted octanol–water partition coefficient (Wildman–Crippen LogP) is 5.31. The maximum Gasteiger partial charge on any atom is 0.339 e. The van der Waals surface area contributed by atoms with E-state index in [0.717, 1.165) is 52.6 Å². The minimum atomic E-state index is -0.482. The van der Waals surface area contributed by atoms with Gasteiger partial charge in [-0.15, -0.1) is 0 Å². The molecule has 33 heavy (non-hydrogen) atoms. The number of benzene rings is 2. The van der Waals surface area contributed by atoms with Gasteiger partial charge in [0.1, 0.15) is 0 Å². The number of likely N-dealkylation sites (N-methyl/N-ethyl adjacent to an activating group) is 1. The first-order chi connectivity index (χ1) is 15.8. The number of hydrogen-bond donors (Lipinski definition) is 1. The molecule has 0 saturated heterocycles. The molecule has 1 aliphatic rings. The molecule has 0 aliphatic heterocycles. The lowest BCUT2D eigenvalue weighted by molar-refractivity contribution is -0.123. The molecule has 1 aliphatic carbocycles. The highest BCUT2D eigenvalue weighted by Crippen LogP contribution is 2.36. The topological polar surface area (TPSA) is 68.3 Å². The fraction of sp³-hybridized carbons (Fsp3) is 0.321. The van der Waals surface area contributed by atoms with E-state index >= 15 is 0 Å². The summed E-state index contributed by atoms with van der Waals surface area (Å²) in [7, 11) is 1.52. The van der Waals surface area contributed by atoms with Crippen LogP contribution in [0.25, 0.3) is 22.6 Å². The number of fused-ring (bicyclic) bond motifs is 2. The molecule has 1 N–H and O–H groups in total. The molecule has 170 valence electrons. The van der Waals surface area contributed by atoms with Crippen molar-refractivity contribution in [1.29, 1.82) is 0 Å². The Kier molecular flexibility index (Phi) is 6.32. The van der Waals surface area contributed by atoms with E-state index in [2.05, 4.69) is 56.4 Å². The van der Waals surface area contributed by atoms with Gasteiger partial charge in [0, 0.05) is 12.4 Å². The second-order valence-electron chi connectivity index (χ2n) is 9.48. The minimum absolute atomic E-state index is 0.105. The maximum absolute atomic E-state index is 13.1. The first-order valence-corrected chi connectivity index (χ1v) is 11.4. The number of amides is 1. The Hall–Kier alpha value is -3.47. The summed E-state index contributed by atoms with van der Waals surface area (Å²) < 4.78 is 5.36. The number of nitrogens with zero attached hydrogens (tertiary/aromatic N) is 1. The van der Waals surface area contributed by atoms with Crippen LogP contribution in [0.2, 0.25) is 0 Å². The van der Waals surface area contributed by atoms with Crippen LogP contribution in [0.4, 0.5) is 0 Å². The van der Waals surface area contributed by atoms with Gasteiger partial charge in [0.05, 0.1) is 16.8 Å². The molecular weight excluding hydrogens is 412 g/mol. The lowest BCUT2D eigenvalue weighted by Gasteiger charge is -2.22. The highest BCUT2D eigenvalue weighted by atomic mass is 16.5. The molecule has 2 aromatic carbocycles. The number of esters is 1. The number of hydrogen-bond acceptors (Lipinski definition) is 4. The molecule has 1 aromatic heterocycles. The van der Waals surface area contributed by atoms with Crippen LogP contribution in [0.3, 0.4) is 0 Å². The van der Waals surface area contributed by atoms with Gasteiger partial charge in [0.2, 0.25) is 0 Å². The second-order valence-corrected chi connectivity index (χ2v) is 9.48. The number of carbonyl (C=O) groups is 2. The average Bonchev–Trinajstić information content (AvgIpc) is 2.81. The summed E-state index contributed by atoms with van der Waals surface area (Å²) in [4.78, 5) is 29.7. The number of ether oxygens (including phenoxy) is 1. The second kappa shape index (κ2) is 9.18. The predicted molar refractivity (Wildman–Crippen MR) is 132 cm³/mol. The maximum atomic E-state index is 13.1. The third-order valence-electron chi connectivity index (χ3n) is 6.11. The monoisotopic (exact) mass is 442 g/mol. The van der Waals surface area contributed by atoms with Crippen LogP contribution in [0.1, 0.15) is 66.4 Å². The summed E-state index contributed by atoms with van der Waals surface area (Å²) >= 11 is 0. The largest absolute Gasteiger partial charge is 0.452 e. The smallest absolute Gasteiger partial charge is 0.339 e. The molecule has 0 bridgehead atoms. The number of pyridine rings is 1. The fourth-order valence-electron chi connectivity index (χ4n) is 4.26. The van der Waals surface area contributed by atoms with E-state index in [1.807, 2.05) is 24.3 Å². The van der Waals surface area contributed by atoms with Crippen molar-refractivity contribution in [2.45, 2.75) is 45.4 Å². The van der Waals surface area contributed by atoms with Crippen molar-refractivity contribution in [1.82, 2.24) is 10.3 Å². The average molecular weight is 443 g/mol. The Morgan fingerprint density at radius 3 is 2.48 bits per heavy atom. The molecular formula is C28H30N2O3. The van der Waals surface area contributed by atoms with Crippen LogP contribution in [-0.2, 0) is 21.4 Å². The fourth-order valence-corrected chi connectivity index (χ4v) is 4.26. The van der Waals surface area contributed by atoms with E-state index in [-0.39, 0.29) is 17.9 Å². The van der Waals surface area contributed by atoms with E-state index in [0.29, 0.717) is 5.56 Å². The number of rotatable bonds is 4. The minimum Gasteiger partial charge on any atom is -0.452 e. The third kappa shape index (κ3) is 4.82. The van der Waals surface area contributed by atoms with E-state index < -0.39 is 5.97 Å². The highest BCUT2D eigenvalue weighted by Gasteiger charge is 2.26. The normalized spacial score (nSPS) is 14.7. The zero-order valence-corrected chi connectivity index (χ0v) is 19.7. The first-order valence-electron chi connectivity index (χ1n) is 11.4. The van der Waals surface area contributed by atoms with Crippen molar-refractivity contribution in [2.75, 3.05) is 13.7 Å². The molecule has 0 atom stereocenters. The van der Waals surface area contributed by atoms with Crippen molar-refractivity contribution in [3.8, 4) is 0 Å². The molecule has 0 saturated carbocycles. The van der Waals surface area contributed by atoms with E-state index in [1.54, 1.807) is 0 Å². The van der Waals surface area contributed by atoms with Crippen LogP contribution in [0, 0.1) is 0 Å². The van der Waals surface area contributed by atoms with Gasteiger partial charge in [-0.2, -0.15) is 0 Å². The van der Waals surface area contributed by atoms with Gasteiger partial charge in [-0.3, -0.25) is 4.79 Å². The molecule has 0 fully saturated rings. The molecule has 4 rings (SSSR count). The van der Waals surface area contributed by atoms with Crippen LogP contribution in [0.15, 0.2) is 48.5 Å². The Labute approximate surface area is 194 Å². The van der Waals surface area contributed by atoms with E-state index in [9.17, 15) is 9.59 Å². The van der Waals surface area contributed by atoms with Gasteiger partial charge in [-0.1, -0.05) is 63.2 Å². The number of nitrogens with one attached hydrogen (secondary N) is 1. The molecule has 0 radical (unpaired) electrons. The Morgan fingerprint density at radius 2 is 1.79 bits per heavy atom. The van der Waals surface area contributed by atoms with Crippen LogP contribution in [0.5, 0.6) is 0 Å². The molecule has 0 unspecified atom stereocenters. The van der Waals surface area contributed by atoms with Crippen molar-refractivity contribution in [2.24, 2.45) is 0 Å². The van der Waals surface area contributed by atoms with E-state index in [1.165, 1.54) is 12.6 Å². The molecule has 0 spiro atoms. The summed E-state index contributed by atoms with van der Waals surface area (Å²) in [6.07, 6.45) is 4.74. The molecule has 1 amide bonds. The summed E-state index contributed by atoms with van der Waals surface area (Å²) in [5.74, 6) is -0.820. The van der Waals surface area contributed by atoms with Gasteiger partial charge in [0.25, 0.3) is 5.91 Å².